The van der Waals surface area contributed by atoms with Crippen molar-refractivity contribution in [1.29, 1.82) is 0 Å². The summed E-state index contributed by atoms with van der Waals surface area (Å²) in [5, 5.41) is 0. The average molecular weight is 221 g/mol. The molecule has 1 aromatic rings. The van der Waals surface area contributed by atoms with Gasteiger partial charge in [-0.1, -0.05) is 0 Å². The van der Waals surface area contributed by atoms with Gasteiger partial charge in [-0.2, -0.15) is 0 Å². The van der Waals surface area contributed by atoms with Gasteiger partial charge in [-0.05, 0) is 0 Å². The van der Waals surface area contributed by atoms with Gasteiger partial charge in [0.1, 0.15) is 0 Å². The third-order valence-electron chi connectivity index (χ3n) is 1.63. The van der Waals surface area contributed by atoms with E-state index in [1.807, 2.05) is 12.1 Å². The summed E-state index contributed by atoms with van der Waals surface area (Å²) < 4.78 is 3.23. The fourth-order valence-electron chi connectivity index (χ4n) is 1.04. The Morgan fingerprint density at radius 2 is 1.91 bits per heavy atom. The first kappa shape index (κ1) is 9.15. The molecule has 0 aromatic heterocycles. The zero-order valence-corrected chi connectivity index (χ0v) is 9.22. The van der Waals surface area contributed by atoms with Crippen LogP contribution < -0.4 is 5.73 Å². The Kier molecular flexibility index (Phi) is 4.03. The summed E-state index contributed by atoms with van der Waals surface area (Å²) in [7, 11) is 0. The Labute approximate surface area is 86.4 Å². The molecule has 0 bridgehead atoms. The normalized spacial score (nSPS) is 9.36. The van der Waals surface area contributed by atoms with Gasteiger partial charge in [0.15, 0.2) is 0 Å². The fraction of sp³-hybridized carbons (Fsp3) is 0.222. The molecule has 1 nitrogen and oxygen atoms in total. The first-order valence-corrected chi connectivity index (χ1v) is 5.00. The number of hydrogen-bond acceptors (Lipinski definition) is 1. The van der Waals surface area contributed by atoms with Gasteiger partial charge in [-0.3, -0.25) is 0 Å². The molecule has 0 amide bonds. The van der Waals surface area contributed by atoms with Gasteiger partial charge in [-0.25, -0.2) is 0 Å². The van der Waals surface area contributed by atoms with Crippen LogP contribution in [0.1, 0.15) is 11.1 Å². The van der Waals surface area contributed by atoms with E-state index in [0.29, 0.717) is 6.54 Å². The monoisotopic (exact) mass is 221 g/mol. The number of hydrogen-bond donors (Lipinski definition) is 1. The number of nitrogens with two attached hydrogens (primary N) is 1. The summed E-state index contributed by atoms with van der Waals surface area (Å²) in [6.45, 7) is 0.637. The Morgan fingerprint density at radius 3 is 2.45 bits per heavy atom. The van der Waals surface area contributed by atoms with Crippen molar-refractivity contribution in [3.8, 4) is 2.59 Å². The fourth-order valence-corrected chi connectivity index (χ4v) is 1.58. The summed E-state index contributed by atoms with van der Waals surface area (Å²) in [6.07, 6.45) is 0.954. The molecule has 2 heteroatoms. The molecule has 0 aliphatic carbocycles. The molecule has 0 fully saturated rings. The predicted octanol–water partition coefficient (Wildman–Crippen LogP) is 1.19. The van der Waals surface area contributed by atoms with E-state index in [4.69, 9.17) is 5.73 Å². The maximum absolute atomic E-state index is 5.56. The molecule has 1 aromatic carbocycles. The van der Waals surface area contributed by atoms with Crippen molar-refractivity contribution in [1.82, 2.24) is 0 Å². The molecule has 0 saturated heterocycles. The number of rotatable bonds is 2. The third kappa shape index (κ3) is 2.54. The standard InChI is InChI=1S/C9H10N.Y/c1-2-8-5-3-4-6-9(8)7-10;/h3-6H,2,7,10H2;. The predicted molar refractivity (Wildman–Crippen MR) is 41.9 cm³/mol. The molecule has 0 heterocycles. The van der Waals surface area contributed by atoms with E-state index in [2.05, 4.69) is 14.7 Å². The molecular weight excluding hydrogens is 211 g/mol. The molecule has 11 heavy (non-hydrogen) atoms. The van der Waals surface area contributed by atoms with Crippen LogP contribution in [-0.2, 0) is 43.2 Å². The minimum atomic E-state index is 0.637. The van der Waals surface area contributed by atoms with E-state index in [-0.39, 0.29) is 0 Å². The third-order valence-corrected chi connectivity index (χ3v) is 2.13. The summed E-state index contributed by atoms with van der Waals surface area (Å²) >= 11 is 1.09. The van der Waals surface area contributed by atoms with Crippen LogP contribution in [-0.4, -0.2) is 0 Å². The van der Waals surface area contributed by atoms with Crippen molar-refractivity contribution >= 4 is 0 Å². The molecule has 0 unspecified atom stereocenters. The zero-order valence-electron chi connectivity index (χ0n) is 6.38. The van der Waals surface area contributed by atoms with E-state index >= 15 is 0 Å². The quantitative estimate of drug-likeness (QED) is 0.797. The first-order chi connectivity index (χ1) is 5.38. The van der Waals surface area contributed by atoms with E-state index in [9.17, 15) is 0 Å². The summed E-state index contributed by atoms with van der Waals surface area (Å²) in [5.41, 5.74) is 8.13. The van der Waals surface area contributed by atoms with Crippen molar-refractivity contribution in [3.63, 3.8) is 0 Å². The van der Waals surface area contributed by atoms with Gasteiger partial charge in [0.25, 0.3) is 0 Å². The topological polar surface area (TPSA) is 26.0 Å². The van der Waals surface area contributed by atoms with Gasteiger partial charge in [-0.15, -0.1) is 0 Å². The van der Waals surface area contributed by atoms with E-state index < -0.39 is 0 Å². The van der Waals surface area contributed by atoms with E-state index in [1.54, 1.807) is 0 Å². The van der Waals surface area contributed by atoms with Crippen LogP contribution >= 0.6 is 0 Å². The van der Waals surface area contributed by atoms with Crippen molar-refractivity contribution in [2.24, 2.45) is 5.73 Å². The van der Waals surface area contributed by atoms with Crippen molar-refractivity contribution in [2.45, 2.75) is 13.0 Å². The SMILES string of the molecule is NCc1ccccc1C[C]#[Y]. The Bertz CT molecular complexity index is 275. The average Bonchev–Trinajstić information content (AvgIpc) is 2.06. The second-order valence-electron chi connectivity index (χ2n) is 2.35. The summed E-state index contributed by atoms with van der Waals surface area (Å²) in [6, 6.07) is 8.27. The minimum absolute atomic E-state index is 0.637. The Balaban J connectivity index is 2.94. The zero-order chi connectivity index (χ0) is 8.10. The van der Waals surface area contributed by atoms with Crippen LogP contribution in [0.4, 0.5) is 0 Å². The van der Waals surface area contributed by atoms with Gasteiger partial charge < -0.3 is 0 Å². The molecule has 0 aliphatic rings. The van der Waals surface area contributed by atoms with Gasteiger partial charge in [0.05, 0.1) is 0 Å². The van der Waals surface area contributed by atoms with E-state index in [1.165, 1.54) is 11.1 Å². The second kappa shape index (κ2) is 4.84. The van der Waals surface area contributed by atoms with Crippen molar-refractivity contribution in [2.75, 3.05) is 0 Å². The van der Waals surface area contributed by atoms with Crippen LogP contribution in [0.3, 0.4) is 0 Å². The van der Waals surface area contributed by atoms with Crippen LogP contribution in [0, 0.1) is 2.59 Å². The first-order valence-electron chi connectivity index (χ1n) is 3.58. The van der Waals surface area contributed by atoms with Gasteiger partial charge in [0, 0.05) is 0 Å². The Morgan fingerprint density at radius 1 is 1.27 bits per heavy atom. The summed E-state index contributed by atoms with van der Waals surface area (Å²) in [4.78, 5) is 0. The second-order valence-corrected chi connectivity index (χ2v) is 3.36. The molecule has 54 valence electrons. The van der Waals surface area contributed by atoms with Crippen LogP contribution in [0.2, 0.25) is 0 Å². The van der Waals surface area contributed by atoms with Crippen molar-refractivity contribution in [3.05, 3.63) is 35.4 Å². The molecule has 0 radical (unpaired) electrons. The van der Waals surface area contributed by atoms with Gasteiger partial charge in [0.2, 0.25) is 0 Å². The maximum atomic E-state index is 5.56. The molecule has 1 rings (SSSR count). The van der Waals surface area contributed by atoms with Crippen LogP contribution in [0.5, 0.6) is 0 Å². The summed E-state index contributed by atoms with van der Waals surface area (Å²) in [5.74, 6) is 0. The molecular formula is C9H10NY. The van der Waals surface area contributed by atoms with Gasteiger partial charge >= 0.3 is 86.9 Å². The molecule has 0 aliphatic heterocycles. The molecule has 0 spiro atoms. The molecule has 0 saturated carbocycles. The molecule has 2 N–H and O–H groups in total. The van der Waals surface area contributed by atoms with Crippen LogP contribution in [0.25, 0.3) is 0 Å². The van der Waals surface area contributed by atoms with E-state index in [0.717, 1.165) is 36.7 Å². The number of benzene rings is 1. The molecule has 0 atom stereocenters. The van der Waals surface area contributed by atoms with Crippen molar-refractivity contribution < 1.29 is 30.2 Å². The Hall–Kier alpha value is 0.0639. The van der Waals surface area contributed by atoms with Crippen LogP contribution in [0.15, 0.2) is 24.3 Å².